The standard InChI is InChI=1S/C13H8F2N4O3S.C6H4ClN3OS.C4H5N3OS.C4H2N2S.C3H2BrNS/c14-6-1-2-7(10(15)9(6)11(16)20)21-5-8-18-12(19-22-8)13-17-3-4-23-13;7-3-4-9-5(10-11-4)6-8-1-2-12-6;5-3(7-8)4-6-1-2-9-4;5-3-4-6-1-2-7-4;4-3-5-1-2-6-3/h1-4H,5H2,(H2,16,20);1-2H,3H2;1-2,8H,(H2,5,7);1-2H;1-2H. The van der Waals surface area contributed by atoms with E-state index in [0.717, 1.165) is 21.1 Å². The van der Waals surface area contributed by atoms with Crippen LogP contribution in [-0.2, 0) is 12.5 Å². The summed E-state index contributed by atoms with van der Waals surface area (Å²) in [5, 5.41) is 37.9. The number of hydrogen-bond acceptors (Lipinski definition) is 21. The van der Waals surface area contributed by atoms with Gasteiger partial charge in [0.1, 0.15) is 23.3 Å². The van der Waals surface area contributed by atoms with Crippen molar-refractivity contribution in [3.05, 3.63) is 113 Å². The van der Waals surface area contributed by atoms with E-state index in [2.05, 4.69) is 66.3 Å². The second-order valence-electron chi connectivity index (χ2n) is 9.28. The Morgan fingerprint density at radius 2 is 1.44 bits per heavy atom. The number of nitriles is 1. The first-order valence-corrected chi connectivity index (χ1v) is 20.5. The van der Waals surface area contributed by atoms with Gasteiger partial charge in [-0.2, -0.15) is 15.2 Å². The van der Waals surface area contributed by atoms with Crippen LogP contribution in [0.2, 0.25) is 0 Å². The van der Waals surface area contributed by atoms with Crippen LogP contribution in [0.5, 0.6) is 5.75 Å². The first kappa shape index (κ1) is 44.0. The number of nitrogens with zero attached hydrogens (tertiary/aromatic N) is 11. The van der Waals surface area contributed by atoms with Gasteiger partial charge in [-0.25, -0.2) is 33.7 Å². The zero-order valence-electron chi connectivity index (χ0n) is 28.0. The molecule has 0 bridgehead atoms. The number of halogens is 4. The molecule has 5 N–H and O–H groups in total. The minimum atomic E-state index is -1.23. The summed E-state index contributed by atoms with van der Waals surface area (Å²) in [6.45, 7) is -0.265. The zero-order valence-corrected chi connectivity index (χ0v) is 34.5. The van der Waals surface area contributed by atoms with Gasteiger partial charge >= 0.3 is 0 Å². The van der Waals surface area contributed by atoms with Crippen LogP contribution in [0.15, 0.2) is 88.1 Å². The van der Waals surface area contributed by atoms with Crippen LogP contribution >= 0.6 is 84.2 Å². The molecule has 0 aliphatic carbocycles. The number of hydrogen-bond donors (Lipinski definition) is 3. The molecule has 0 atom stereocenters. The molecule has 8 aromatic rings. The highest BCUT2D eigenvalue weighted by Gasteiger charge is 2.20. The maximum Gasteiger partial charge on any atom is 0.264 e. The highest BCUT2D eigenvalue weighted by molar-refractivity contribution is 9.11. The molecule has 7 heterocycles. The fourth-order valence-corrected chi connectivity index (χ4v) is 6.34. The Kier molecular flexibility index (Phi) is 18.1. The molecule has 57 heavy (non-hydrogen) atoms. The number of thiazole rings is 5. The maximum atomic E-state index is 14.0. The van der Waals surface area contributed by atoms with Crippen molar-refractivity contribution in [2.75, 3.05) is 0 Å². The highest BCUT2D eigenvalue weighted by Crippen LogP contribution is 2.25. The Morgan fingerprint density at radius 1 is 0.860 bits per heavy atom. The van der Waals surface area contributed by atoms with Gasteiger partial charge in [0.15, 0.2) is 48.0 Å². The number of aromatic nitrogens is 9. The van der Waals surface area contributed by atoms with Gasteiger partial charge in [-0.1, -0.05) is 15.5 Å². The molecular formula is C30H21BrClF2N13O5S5. The monoisotopic (exact) mass is 955 g/mol. The number of nitrogens with two attached hydrogens (primary N) is 2. The van der Waals surface area contributed by atoms with E-state index in [1.165, 1.54) is 45.3 Å². The number of amides is 1. The molecule has 18 nitrogen and oxygen atoms in total. The van der Waals surface area contributed by atoms with Crippen molar-refractivity contribution in [2.45, 2.75) is 12.5 Å². The minimum Gasteiger partial charge on any atom is -0.481 e. The van der Waals surface area contributed by atoms with E-state index in [0.29, 0.717) is 26.7 Å². The van der Waals surface area contributed by atoms with Crippen LogP contribution in [0.3, 0.4) is 0 Å². The molecule has 294 valence electrons. The minimum absolute atomic E-state index is 0.0602. The first-order valence-electron chi connectivity index (χ1n) is 14.8. The molecule has 27 heteroatoms. The average molecular weight is 957 g/mol. The van der Waals surface area contributed by atoms with Crippen LogP contribution in [0.1, 0.15) is 32.2 Å². The van der Waals surface area contributed by atoms with E-state index in [9.17, 15) is 13.6 Å². The molecule has 0 fully saturated rings. The van der Waals surface area contributed by atoms with E-state index in [1.807, 2.05) is 16.8 Å². The van der Waals surface area contributed by atoms with Crippen molar-refractivity contribution in [2.24, 2.45) is 16.6 Å². The summed E-state index contributed by atoms with van der Waals surface area (Å²) in [7, 11) is 0. The molecule has 1 aromatic carbocycles. The van der Waals surface area contributed by atoms with E-state index in [1.54, 1.807) is 58.5 Å². The van der Waals surface area contributed by atoms with Crippen LogP contribution in [-0.4, -0.2) is 62.2 Å². The van der Waals surface area contributed by atoms with Gasteiger partial charge in [-0.05, 0) is 28.1 Å². The normalized spacial score (nSPS) is 10.3. The molecule has 0 aliphatic heterocycles. The first-order chi connectivity index (χ1) is 27.6. The van der Waals surface area contributed by atoms with Gasteiger partial charge in [0.25, 0.3) is 11.8 Å². The summed E-state index contributed by atoms with van der Waals surface area (Å²) < 4.78 is 43.2. The largest absolute Gasteiger partial charge is 0.481 e. The summed E-state index contributed by atoms with van der Waals surface area (Å²) in [5.41, 5.74) is 9.25. The SMILES string of the molecule is Brc1nccs1.ClCc1nc(-c2nccs2)no1.N#Cc1nccs1.N/C(=N/O)c1nccs1.NC(=O)c1c(F)ccc(OCc2nc(-c3nccs3)no2)c1F. The molecule has 0 spiro atoms. The van der Waals surface area contributed by atoms with Gasteiger partial charge in [-0.3, -0.25) is 4.79 Å². The summed E-state index contributed by atoms with van der Waals surface area (Å²) in [4.78, 5) is 38.5. The molecule has 0 unspecified atom stereocenters. The van der Waals surface area contributed by atoms with Crippen molar-refractivity contribution < 1.29 is 32.6 Å². The number of carbonyl (C=O) groups excluding carboxylic acids is 1. The number of ether oxygens (including phenoxy) is 1. The number of primary amides is 1. The van der Waals surface area contributed by atoms with Crippen LogP contribution in [0.25, 0.3) is 21.7 Å². The number of amidine groups is 1. The van der Waals surface area contributed by atoms with Crippen LogP contribution in [0, 0.1) is 23.0 Å². The predicted octanol–water partition coefficient (Wildman–Crippen LogP) is 7.24. The topological polar surface area (TPSA) is 277 Å². The molecular weight excluding hydrogens is 936 g/mol. The van der Waals surface area contributed by atoms with Gasteiger partial charge in [-0.15, -0.1) is 68.3 Å². The zero-order chi connectivity index (χ0) is 41.0. The van der Waals surface area contributed by atoms with Crippen LogP contribution in [0.4, 0.5) is 8.78 Å². The van der Waals surface area contributed by atoms with Crippen molar-refractivity contribution in [3.63, 3.8) is 0 Å². The van der Waals surface area contributed by atoms with E-state index >= 15 is 0 Å². The smallest absolute Gasteiger partial charge is 0.264 e. The lowest BCUT2D eigenvalue weighted by molar-refractivity contribution is 0.0990. The lowest BCUT2D eigenvalue weighted by Gasteiger charge is -2.07. The number of oxime groups is 1. The highest BCUT2D eigenvalue weighted by atomic mass is 79.9. The molecule has 0 saturated carbocycles. The molecule has 7 aromatic heterocycles. The molecule has 0 radical (unpaired) electrons. The summed E-state index contributed by atoms with van der Waals surface area (Å²) in [6.07, 6.45) is 8.25. The quantitative estimate of drug-likeness (QED) is 0.0445. The third kappa shape index (κ3) is 14.1. The Hall–Kier alpha value is -5.69. The van der Waals surface area contributed by atoms with Crippen molar-refractivity contribution in [1.82, 2.24) is 45.2 Å². The average Bonchev–Trinajstić information content (AvgIpc) is 4.07. The third-order valence-electron chi connectivity index (χ3n) is 5.64. The second-order valence-corrected chi connectivity index (χ2v) is 15.3. The number of benzene rings is 1. The maximum absolute atomic E-state index is 14.0. The number of carbonyl (C=O) groups is 1. The fourth-order valence-electron chi connectivity index (χ4n) is 3.35. The van der Waals surface area contributed by atoms with E-state index < -0.39 is 23.1 Å². The summed E-state index contributed by atoms with van der Waals surface area (Å²) >= 11 is 15.7. The predicted molar refractivity (Wildman–Crippen MR) is 211 cm³/mol. The lowest BCUT2D eigenvalue weighted by Crippen LogP contribution is -2.16. The molecule has 0 aliphatic rings. The van der Waals surface area contributed by atoms with Gasteiger partial charge in [0.2, 0.25) is 17.5 Å². The second kappa shape index (κ2) is 23.4. The Morgan fingerprint density at radius 3 is 1.88 bits per heavy atom. The lowest BCUT2D eigenvalue weighted by atomic mass is 10.1. The van der Waals surface area contributed by atoms with Gasteiger partial charge < -0.3 is 30.5 Å². The van der Waals surface area contributed by atoms with E-state index in [4.69, 9.17) is 47.3 Å². The molecule has 0 saturated heterocycles. The van der Waals surface area contributed by atoms with Crippen LogP contribution < -0.4 is 16.2 Å². The molecule has 8 rings (SSSR count). The molecule has 1 amide bonds. The van der Waals surface area contributed by atoms with Crippen molar-refractivity contribution in [1.29, 1.82) is 5.26 Å². The van der Waals surface area contributed by atoms with Gasteiger partial charge in [0, 0.05) is 57.9 Å². The van der Waals surface area contributed by atoms with Gasteiger partial charge in [0.05, 0.1) is 0 Å². The number of alkyl halides is 1. The third-order valence-corrected chi connectivity index (χ3v) is 10.2. The summed E-state index contributed by atoms with van der Waals surface area (Å²) in [5.74, 6) is -2.27. The van der Waals surface area contributed by atoms with Crippen molar-refractivity contribution in [3.8, 4) is 33.5 Å². The fraction of sp³-hybridized carbons (Fsp3) is 0.0667. The number of rotatable bonds is 8. The Balaban J connectivity index is 0.000000176. The van der Waals surface area contributed by atoms with Crippen molar-refractivity contribution >= 4 is 96.0 Å². The van der Waals surface area contributed by atoms with E-state index in [-0.39, 0.29) is 35.8 Å². The summed E-state index contributed by atoms with van der Waals surface area (Å²) in [6, 6.07) is 3.83. The Labute approximate surface area is 352 Å². The Bertz CT molecular complexity index is 2430.